The normalized spacial score (nSPS) is 22.4. The number of amides is 1. The van der Waals surface area contributed by atoms with Crippen LogP contribution >= 0.6 is 0 Å². The van der Waals surface area contributed by atoms with Gasteiger partial charge in [0, 0.05) is 50.0 Å². The zero-order valence-electron chi connectivity index (χ0n) is 19.0. The van der Waals surface area contributed by atoms with Gasteiger partial charge in [-0.15, -0.1) is 0 Å². The van der Waals surface area contributed by atoms with Crippen LogP contribution in [0.4, 0.5) is 5.82 Å². The van der Waals surface area contributed by atoms with Gasteiger partial charge in [-0.1, -0.05) is 6.58 Å². The summed E-state index contributed by atoms with van der Waals surface area (Å²) in [5.41, 5.74) is 4.45. The lowest BCUT2D eigenvalue weighted by Crippen LogP contribution is -2.55. The van der Waals surface area contributed by atoms with E-state index in [0.29, 0.717) is 37.5 Å². The van der Waals surface area contributed by atoms with Gasteiger partial charge in [0.15, 0.2) is 0 Å². The van der Waals surface area contributed by atoms with E-state index < -0.39 is 0 Å². The lowest BCUT2D eigenvalue weighted by Gasteiger charge is -2.41. The molecule has 1 unspecified atom stereocenters. The van der Waals surface area contributed by atoms with E-state index >= 15 is 0 Å². The monoisotopic (exact) mass is 443 g/mol. The van der Waals surface area contributed by atoms with Crippen LogP contribution in [0.1, 0.15) is 55.5 Å². The molecule has 1 aliphatic carbocycles. The molecule has 0 spiro atoms. The van der Waals surface area contributed by atoms with Crippen molar-refractivity contribution in [2.24, 2.45) is 0 Å². The summed E-state index contributed by atoms with van der Waals surface area (Å²) < 4.78 is 5.44. The lowest BCUT2D eigenvalue weighted by molar-refractivity contribution is -0.141. The van der Waals surface area contributed by atoms with Crippen molar-refractivity contribution in [3.05, 3.63) is 47.9 Å². The average molecular weight is 444 g/mol. The fourth-order valence-electron chi connectivity index (χ4n) is 4.75. The van der Waals surface area contributed by atoms with Crippen LogP contribution in [-0.4, -0.2) is 59.2 Å². The summed E-state index contributed by atoms with van der Waals surface area (Å²) in [6.45, 7) is 8.62. The van der Waals surface area contributed by atoms with Gasteiger partial charge in [-0.2, -0.15) is 5.26 Å². The molecule has 2 atom stereocenters. The van der Waals surface area contributed by atoms with Crippen LogP contribution in [0.25, 0.3) is 17.2 Å². The number of hydrogen-bond donors (Lipinski definition) is 0. The second kappa shape index (κ2) is 8.95. The van der Waals surface area contributed by atoms with Gasteiger partial charge < -0.3 is 14.5 Å². The molecule has 7 nitrogen and oxygen atoms in total. The van der Waals surface area contributed by atoms with Crippen molar-refractivity contribution in [2.75, 3.05) is 31.1 Å². The van der Waals surface area contributed by atoms with Gasteiger partial charge in [0.05, 0.1) is 29.5 Å². The van der Waals surface area contributed by atoms with E-state index in [2.05, 4.69) is 29.5 Å². The zero-order valence-corrected chi connectivity index (χ0v) is 19.0. The standard InChI is InChI=1S/C26H29N5O2/c1-3-21-12-19(6-8-28-21)23-13-20(15-27)26(29-25(23)18-4-5-18)30-9-10-31(17(2)16-30)24(32)14-22-7-11-33-22/h3,6,8,12-13,17-18,22H,1,4-5,7,9-11,14,16H2,2H3/t17-,22?/m1/s1. The molecule has 170 valence electrons. The third kappa shape index (κ3) is 4.36. The summed E-state index contributed by atoms with van der Waals surface area (Å²) >= 11 is 0. The Morgan fingerprint density at radius 3 is 2.79 bits per heavy atom. The number of pyridine rings is 2. The van der Waals surface area contributed by atoms with E-state index in [1.165, 1.54) is 0 Å². The highest BCUT2D eigenvalue weighted by molar-refractivity contribution is 5.78. The van der Waals surface area contributed by atoms with Crippen molar-refractivity contribution < 1.29 is 9.53 Å². The molecule has 4 heterocycles. The fraction of sp³-hybridized carbons (Fsp3) is 0.462. The first kappa shape index (κ1) is 21.6. The van der Waals surface area contributed by atoms with E-state index in [0.717, 1.165) is 54.2 Å². The Balaban J connectivity index is 1.41. The van der Waals surface area contributed by atoms with Crippen LogP contribution in [-0.2, 0) is 9.53 Å². The molecule has 5 rings (SSSR count). The molecule has 2 aromatic rings. The second-order valence-corrected chi connectivity index (χ2v) is 9.22. The Kier molecular flexibility index (Phi) is 5.86. The molecule has 33 heavy (non-hydrogen) atoms. The van der Waals surface area contributed by atoms with E-state index in [1.807, 2.05) is 23.1 Å². The zero-order chi connectivity index (χ0) is 22.9. The highest BCUT2D eigenvalue weighted by Crippen LogP contribution is 2.45. The minimum atomic E-state index is 0.0547. The highest BCUT2D eigenvalue weighted by Gasteiger charge is 2.34. The smallest absolute Gasteiger partial charge is 0.225 e. The summed E-state index contributed by atoms with van der Waals surface area (Å²) in [6.07, 6.45) is 7.25. The van der Waals surface area contributed by atoms with Gasteiger partial charge in [0.25, 0.3) is 0 Å². The first-order valence-corrected chi connectivity index (χ1v) is 11.8. The number of nitriles is 1. The molecule has 2 aromatic heterocycles. The SMILES string of the molecule is C=Cc1cc(-c2cc(C#N)c(N3CCN(C(=O)CC4CCO4)[C@H](C)C3)nc2C2CC2)ccn1. The van der Waals surface area contributed by atoms with Crippen LogP contribution in [0.3, 0.4) is 0 Å². The first-order chi connectivity index (χ1) is 16.1. The van der Waals surface area contributed by atoms with Crippen LogP contribution in [0.15, 0.2) is 31.0 Å². The summed E-state index contributed by atoms with van der Waals surface area (Å²) in [6, 6.07) is 8.37. The number of carbonyl (C=O) groups excluding carboxylic acids is 1. The number of nitrogens with zero attached hydrogens (tertiary/aromatic N) is 5. The number of hydrogen-bond acceptors (Lipinski definition) is 6. The quantitative estimate of drug-likeness (QED) is 0.676. The molecule has 7 heteroatoms. The number of carbonyl (C=O) groups is 1. The molecule has 3 aliphatic rings. The molecule has 2 saturated heterocycles. The molecule has 1 amide bonds. The maximum atomic E-state index is 12.7. The van der Waals surface area contributed by atoms with Gasteiger partial charge >= 0.3 is 0 Å². The van der Waals surface area contributed by atoms with Gasteiger partial charge in [0.1, 0.15) is 11.9 Å². The van der Waals surface area contributed by atoms with Crippen LogP contribution in [0.2, 0.25) is 0 Å². The third-order valence-electron chi connectivity index (χ3n) is 6.86. The Labute approximate surface area is 194 Å². The Morgan fingerprint density at radius 2 is 2.15 bits per heavy atom. The van der Waals surface area contributed by atoms with E-state index in [-0.39, 0.29) is 18.1 Å². The van der Waals surface area contributed by atoms with E-state index in [9.17, 15) is 10.1 Å². The molecule has 2 aliphatic heterocycles. The topological polar surface area (TPSA) is 82.4 Å². The summed E-state index contributed by atoms with van der Waals surface area (Å²) in [7, 11) is 0. The molecule has 3 fully saturated rings. The van der Waals surface area contributed by atoms with Crippen molar-refractivity contribution in [1.29, 1.82) is 5.26 Å². The minimum absolute atomic E-state index is 0.0547. The maximum absolute atomic E-state index is 12.7. The van der Waals surface area contributed by atoms with E-state index in [1.54, 1.807) is 12.3 Å². The molecule has 0 aromatic carbocycles. The number of anilines is 1. The number of ether oxygens (including phenoxy) is 1. The predicted octanol–water partition coefficient (Wildman–Crippen LogP) is 3.75. The van der Waals surface area contributed by atoms with Crippen LogP contribution in [0, 0.1) is 11.3 Å². The minimum Gasteiger partial charge on any atom is -0.377 e. The largest absolute Gasteiger partial charge is 0.377 e. The molecule has 0 radical (unpaired) electrons. The maximum Gasteiger partial charge on any atom is 0.225 e. The Bertz CT molecular complexity index is 1120. The predicted molar refractivity (Wildman–Crippen MR) is 127 cm³/mol. The number of aromatic nitrogens is 2. The lowest BCUT2D eigenvalue weighted by atomic mass is 9.99. The molecular formula is C26H29N5O2. The van der Waals surface area contributed by atoms with Gasteiger partial charge in [-0.05, 0) is 56.0 Å². The average Bonchev–Trinajstić information content (AvgIpc) is 3.66. The van der Waals surface area contributed by atoms with Crippen LogP contribution < -0.4 is 4.90 Å². The van der Waals surface area contributed by atoms with Gasteiger partial charge in [-0.3, -0.25) is 9.78 Å². The fourth-order valence-corrected chi connectivity index (χ4v) is 4.75. The van der Waals surface area contributed by atoms with Crippen molar-refractivity contribution in [2.45, 2.75) is 50.7 Å². The van der Waals surface area contributed by atoms with Crippen LogP contribution in [0.5, 0.6) is 0 Å². The van der Waals surface area contributed by atoms with Crippen molar-refractivity contribution in [1.82, 2.24) is 14.9 Å². The molecule has 1 saturated carbocycles. The molecule has 0 N–H and O–H groups in total. The Morgan fingerprint density at radius 1 is 1.33 bits per heavy atom. The molecular weight excluding hydrogens is 414 g/mol. The highest BCUT2D eigenvalue weighted by atomic mass is 16.5. The summed E-state index contributed by atoms with van der Waals surface area (Å²) in [4.78, 5) is 26.2. The molecule has 0 bridgehead atoms. The summed E-state index contributed by atoms with van der Waals surface area (Å²) in [5, 5.41) is 9.98. The number of piperazine rings is 1. The Hall–Kier alpha value is -3.24. The van der Waals surface area contributed by atoms with Gasteiger partial charge in [-0.25, -0.2) is 4.98 Å². The van der Waals surface area contributed by atoms with Crippen molar-refractivity contribution >= 4 is 17.8 Å². The first-order valence-electron chi connectivity index (χ1n) is 11.8. The van der Waals surface area contributed by atoms with Gasteiger partial charge in [0.2, 0.25) is 5.91 Å². The van der Waals surface area contributed by atoms with Crippen molar-refractivity contribution in [3.63, 3.8) is 0 Å². The van der Waals surface area contributed by atoms with Crippen molar-refractivity contribution in [3.8, 4) is 17.2 Å². The number of rotatable bonds is 6. The summed E-state index contributed by atoms with van der Waals surface area (Å²) in [5.74, 6) is 1.32. The third-order valence-corrected chi connectivity index (χ3v) is 6.86. The van der Waals surface area contributed by atoms with E-state index in [4.69, 9.17) is 9.72 Å². The second-order valence-electron chi connectivity index (χ2n) is 9.22.